The molecular formula is C13H25NO. The Morgan fingerprint density at radius 2 is 2.33 bits per heavy atom. The second-order valence-corrected chi connectivity index (χ2v) is 4.83. The number of ether oxygens (including phenoxy) is 1. The highest BCUT2D eigenvalue weighted by Gasteiger charge is 2.13. The molecule has 0 aromatic rings. The fourth-order valence-electron chi connectivity index (χ4n) is 1.84. The molecule has 0 bridgehead atoms. The van der Waals surface area contributed by atoms with Gasteiger partial charge in [0.15, 0.2) is 0 Å². The number of hydrogen-bond donors (Lipinski definition) is 1. The molecule has 2 nitrogen and oxygen atoms in total. The van der Waals surface area contributed by atoms with Crippen LogP contribution < -0.4 is 5.32 Å². The van der Waals surface area contributed by atoms with Gasteiger partial charge >= 0.3 is 0 Å². The zero-order valence-electron chi connectivity index (χ0n) is 10.4. The first-order chi connectivity index (χ1) is 7.22. The largest absolute Gasteiger partial charge is 0.381 e. The van der Waals surface area contributed by atoms with Crippen molar-refractivity contribution in [2.75, 3.05) is 26.3 Å². The van der Waals surface area contributed by atoms with Crippen LogP contribution in [0.15, 0.2) is 11.6 Å². The van der Waals surface area contributed by atoms with Crippen LogP contribution in [0.4, 0.5) is 0 Å². The summed E-state index contributed by atoms with van der Waals surface area (Å²) in [5.41, 5.74) is 1.53. The summed E-state index contributed by atoms with van der Waals surface area (Å²) in [6.45, 7) is 10.7. The number of hydrogen-bond acceptors (Lipinski definition) is 2. The molecule has 1 rings (SSSR count). The summed E-state index contributed by atoms with van der Waals surface area (Å²) in [5, 5.41) is 3.50. The summed E-state index contributed by atoms with van der Waals surface area (Å²) in [4.78, 5) is 0. The third-order valence-electron chi connectivity index (χ3n) is 2.80. The molecule has 1 N–H and O–H groups in total. The predicted molar refractivity (Wildman–Crippen MR) is 65.0 cm³/mol. The van der Waals surface area contributed by atoms with E-state index in [1.54, 1.807) is 0 Å². The molecule has 0 aromatic heterocycles. The van der Waals surface area contributed by atoms with Gasteiger partial charge < -0.3 is 10.1 Å². The zero-order chi connectivity index (χ0) is 11.1. The highest BCUT2D eigenvalue weighted by Crippen LogP contribution is 2.16. The van der Waals surface area contributed by atoms with Gasteiger partial charge in [-0.05, 0) is 25.3 Å². The molecule has 0 aliphatic carbocycles. The minimum absolute atomic E-state index is 0.667. The molecule has 1 heterocycles. The van der Waals surface area contributed by atoms with E-state index in [2.05, 4.69) is 32.2 Å². The van der Waals surface area contributed by atoms with E-state index in [1.807, 2.05) is 0 Å². The van der Waals surface area contributed by atoms with Crippen molar-refractivity contribution in [3.63, 3.8) is 0 Å². The van der Waals surface area contributed by atoms with Crippen molar-refractivity contribution in [3.05, 3.63) is 11.6 Å². The first-order valence-corrected chi connectivity index (χ1v) is 6.20. The summed E-state index contributed by atoms with van der Waals surface area (Å²) in [6.07, 6.45) is 4.77. The summed E-state index contributed by atoms with van der Waals surface area (Å²) in [6, 6.07) is 0. The molecule has 1 aliphatic heterocycles. The number of nitrogens with one attached hydrogen (secondary N) is 1. The smallest absolute Gasteiger partial charge is 0.0529 e. The van der Waals surface area contributed by atoms with E-state index in [0.717, 1.165) is 38.6 Å². The topological polar surface area (TPSA) is 21.3 Å². The van der Waals surface area contributed by atoms with Gasteiger partial charge in [-0.1, -0.05) is 32.4 Å². The van der Waals surface area contributed by atoms with Gasteiger partial charge in [0.05, 0.1) is 6.61 Å². The van der Waals surface area contributed by atoms with Gasteiger partial charge in [-0.2, -0.15) is 0 Å². The van der Waals surface area contributed by atoms with Crippen molar-refractivity contribution in [3.8, 4) is 0 Å². The minimum atomic E-state index is 0.667. The Bertz CT molecular complexity index is 193. The first-order valence-electron chi connectivity index (χ1n) is 6.20. The second kappa shape index (κ2) is 7.02. The van der Waals surface area contributed by atoms with Gasteiger partial charge in [-0.3, -0.25) is 0 Å². The maximum Gasteiger partial charge on any atom is 0.0529 e. The Hall–Kier alpha value is -0.340. The molecule has 15 heavy (non-hydrogen) atoms. The molecule has 1 aliphatic rings. The van der Waals surface area contributed by atoms with Crippen molar-refractivity contribution in [1.82, 2.24) is 5.32 Å². The predicted octanol–water partition coefficient (Wildman–Crippen LogP) is 2.60. The Morgan fingerprint density at radius 1 is 1.53 bits per heavy atom. The van der Waals surface area contributed by atoms with Crippen LogP contribution >= 0.6 is 0 Å². The molecule has 88 valence electrons. The molecule has 0 radical (unpaired) electrons. The van der Waals surface area contributed by atoms with Crippen LogP contribution in [0, 0.1) is 11.8 Å². The standard InChI is InChI=1S/C13H25NO/c1-4-12(9-14-8-11(2)3)7-13-5-6-15-10-13/h7,11,13-14H,4-6,8-10H2,1-3H3. The fraction of sp³-hybridized carbons (Fsp3) is 0.846. The Balaban J connectivity index is 2.27. The summed E-state index contributed by atoms with van der Waals surface area (Å²) in [7, 11) is 0. The van der Waals surface area contributed by atoms with Crippen molar-refractivity contribution in [1.29, 1.82) is 0 Å². The maximum atomic E-state index is 5.38. The van der Waals surface area contributed by atoms with Crippen LogP contribution in [0.2, 0.25) is 0 Å². The molecule has 1 atom stereocenters. The van der Waals surface area contributed by atoms with E-state index in [4.69, 9.17) is 4.74 Å². The van der Waals surface area contributed by atoms with Crippen LogP contribution in [-0.4, -0.2) is 26.3 Å². The highest BCUT2D eigenvalue weighted by molar-refractivity contribution is 5.06. The van der Waals surface area contributed by atoms with Crippen molar-refractivity contribution >= 4 is 0 Å². The lowest BCUT2D eigenvalue weighted by Gasteiger charge is -2.11. The van der Waals surface area contributed by atoms with E-state index in [-0.39, 0.29) is 0 Å². The van der Waals surface area contributed by atoms with Crippen LogP contribution in [0.3, 0.4) is 0 Å². The van der Waals surface area contributed by atoms with Crippen molar-refractivity contribution in [2.45, 2.75) is 33.6 Å². The van der Waals surface area contributed by atoms with Gasteiger partial charge in [-0.25, -0.2) is 0 Å². The normalized spacial score (nSPS) is 22.7. The van der Waals surface area contributed by atoms with Crippen molar-refractivity contribution < 1.29 is 4.74 Å². The molecule has 0 saturated carbocycles. The summed E-state index contributed by atoms with van der Waals surface area (Å²) >= 11 is 0. The third kappa shape index (κ3) is 5.33. The maximum absolute atomic E-state index is 5.38. The van der Waals surface area contributed by atoms with Crippen LogP contribution in [0.25, 0.3) is 0 Å². The van der Waals surface area contributed by atoms with Crippen LogP contribution in [0.1, 0.15) is 33.6 Å². The average Bonchev–Trinajstić information content (AvgIpc) is 2.68. The lowest BCUT2D eigenvalue weighted by atomic mass is 10.0. The Kier molecular flexibility index (Phi) is 5.96. The second-order valence-electron chi connectivity index (χ2n) is 4.83. The van der Waals surface area contributed by atoms with E-state index in [0.29, 0.717) is 5.92 Å². The lowest BCUT2D eigenvalue weighted by molar-refractivity contribution is 0.191. The lowest BCUT2D eigenvalue weighted by Crippen LogP contribution is -2.22. The van der Waals surface area contributed by atoms with Crippen molar-refractivity contribution in [2.24, 2.45) is 11.8 Å². The van der Waals surface area contributed by atoms with E-state index in [9.17, 15) is 0 Å². The quantitative estimate of drug-likeness (QED) is 0.682. The van der Waals surface area contributed by atoms with Gasteiger partial charge in [0.2, 0.25) is 0 Å². The molecule has 0 aromatic carbocycles. The SMILES string of the molecule is CCC(=CC1CCOC1)CNCC(C)C. The highest BCUT2D eigenvalue weighted by atomic mass is 16.5. The van der Waals surface area contributed by atoms with Crippen LogP contribution in [0.5, 0.6) is 0 Å². The molecule has 1 fully saturated rings. The minimum Gasteiger partial charge on any atom is -0.381 e. The molecule has 0 amide bonds. The van der Waals surface area contributed by atoms with Gasteiger partial charge in [-0.15, -0.1) is 0 Å². The molecule has 0 spiro atoms. The molecule has 1 saturated heterocycles. The summed E-state index contributed by atoms with van der Waals surface area (Å²) < 4.78 is 5.38. The molecular weight excluding hydrogens is 186 g/mol. The summed E-state index contributed by atoms with van der Waals surface area (Å²) in [5.74, 6) is 1.40. The number of rotatable bonds is 6. The Morgan fingerprint density at radius 3 is 2.87 bits per heavy atom. The van der Waals surface area contributed by atoms with Gasteiger partial charge in [0.1, 0.15) is 0 Å². The first kappa shape index (κ1) is 12.7. The van der Waals surface area contributed by atoms with Gasteiger partial charge in [0, 0.05) is 19.1 Å². The van der Waals surface area contributed by atoms with Crippen LogP contribution in [-0.2, 0) is 4.74 Å². The Labute approximate surface area is 94.1 Å². The fourth-order valence-corrected chi connectivity index (χ4v) is 1.84. The van der Waals surface area contributed by atoms with E-state index >= 15 is 0 Å². The van der Waals surface area contributed by atoms with Gasteiger partial charge in [0.25, 0.3) is 0 Å². The average molecular weight is 211 g/mol. The monoisotopic (exact) mass is 211 g/mol. The van der Waals surface area contributed by atoms with E-state index < -0.39 is 0 Å². The molecule has 1 unspecified atom stereocenters. The zero-order valence-corrected chi connectivity index (χ0v) is 10.4. The molecule has 2 heteroatoms. The van der Waals surface area contributed by atoms with E-state index in [1.165, 1.54) is 12.0 Å². The third-order valence-corrected chi connectivity index (χ3v) is 2.80.